The van der Waals surface area contributed by atoms with Crippen LogP contribution in [0.15, 0.2) is 23.1 Å². The number of esters is 1. The monoisotopic (exact) mass is 315 g/mol. The van der Waals surface area contributed by atoms with Crippen molar-refractivity contribution in [3.63, 3.8) is 0 Å². The number of rotatable bonds is 7. The van der Waals surface area contributed by atoms with E-state index in [0.29, 0.717) is 6.61 Å². The minimum atomic E-state index is -3.89. The predicted octanol–water partition coefficient (Wildman–Crippen LogP) is 2.08. The van der Waals surface area contributed by atoms with E-state index in [-0.39, 0.29) is 22.3 Å². The van der Waals surface area contributed by atoms with E-state index < -0.39 is 16.0 Å². The Morgan fingerprint density at radius 2 is 2.00 bits per heavy atom. The largest absolute Gasteiger partial charge is 0.493 e. The summed E-state index contributed by atoms with van der Waals surface area (Å²) in [5, 5.41) is 5.08. The van der Waals surface area contributed by atoms with Crippen LogP contribution < -0.4 is 9.88 Å². The van der Waals surface area contributed by atoms with Gasteiger partial charge in [-0.15, -0.1) is 0 Å². The third-order valence-corrected chi connectivity index (χ3v) is 3.71. The zero-order chi connectivity index (χ0) is 16.0. The van der Waals surface area contributed by atoms with Crippen LogP contribution in [0.1, 0.15) is 44.0 Å². The van der Waals surface area contributed by atoms with Gasteiger partial charge < -0.3 is 9.47 Å². The number of hydrogen-bond donors (Lipinski definition) is 1. The number of carbonyl (C=O) groups is 1. The van der Waals surface area contributed by atoms with Crippen LogP contribution in [0.5, 0.6) is 5.75 Å². The maximum Gasteiger partial charge on any atom is 0.342 e. The fraction of sp³-hybridized carbons (Fsp3) is 0.500. The second-order valence-electron chi connectivity index (χ2n) is 4.64. The first-order valence-corrected chi connectivity index (χ1v) is 8.34. The lowest BCUT2D eigenvalue weighted by molar-refractivity contribution is 0.0319. The molecule has 0 aliphatic heterocycles. The zero-order valence-electron chi connectivity index (χ0n) is 12.5. The van der Waals surface area contributed by atoms with Crippen molar-refractivity contribution in [3.05, 3.63) is 23.8 Å². The molecular formula is C14H21NO5S. The van der Waals surface area contributed by atoms with Crippen molar-refractivity contribution in [2.24, 2.45) is 5.14 Å². The molecule has 21 heavy (non-hydrogen) atoms. The topological polar surface area (TPSA) is 95.7 Å². The van der Waals surface area contributed by atoms with E-state index in [1.807, 2.05) is 6.92 Å². The number of nitrogens with two attached hydrogens (primary N) is 1. The van der Waals surface area contributed by atoms with E-state index in [0.717, 1.165) is 12.8 Å². The molecular weight excluding hydrogens is 294 g/mol. The molecule has 0 aromatic heterocycles. The van der Waals surface area contributed by atoms with E-state index in [1.54, 1.807) is 13.8 Å². The van der Waals surface area contributed by atoms with Gasteiger partial charge in [-0.1, -0.05) is 13.3 Å². The Hall–Kier alpha value is -1.60. The van der Waals surface area contributed by atoms with Crippen LogP contribution >= 0.6 is 0 Å². The van der Waals surface area contributed by atoms with E-state index in [1.165, 1.54) is 18.2 Å². The summed E-state index contributed by atoms with van der Waals surface area (Å²) in [6.07, 6.45) is 1.35. The lowest BCUT2D eigenvalue weighted by atomic mass is 10.2. The van der Waals surface area contributed by atoms with Crippen molar-refractivity contribution >= 4 is 16.0 Å². The minimum absolute atomic E-state index is 0.0614. The van der Waals surface area contributed by atoms with Gasteiger partial charge in [0.2, 0.25) is 10.0 Å². The summed E-state index contributed by atoms with van der Waals surface area (Å²) in [7, 11) is -3.89. The molecule has 0 heterocycles. The highest BCUT2D eigenvalue weighted by Crippen LogP contribution is 2.24. The minimum Gasteiger partial charge on any atom is -0.493 e. The summed E-state index contributed by atoms with van der Waals surface area (Å²) < 4.78 is 33.4. The lowest BCUT2D eigenvalue weighted by Crippen LogP contribution is -2.18. The molecule has 0 bridgehead atoms. The molecule has 0 spiro atoms. The van der Waals surface area contributed by atoms with Crippen molar-refractivity contribution in [1.82, 2.24) is 0 Å². The average molecular weight is 315 g/mol. The van der Waals surface area contributed by atoms with Crippen molar-refractivity contribution in [2.45, 2.75) is 44.6 Å². The maximum absolute atomic E-state index is 12.2. The highest BCUT2D eigenvalue weighted by Gasteiger charge is 2.20. The molecule has 118 valence electrons. The fourth-order valence-electron chi connectivity index (χ4n) is 1.84. The molecule has 1 rings (SSSR count). The Morgan fingerprint density at radius 1 is 1.33 bits per heavy atom. The lowest BCUT2D eigenvalue weighted by Gasteiger charge is -2.15. The fourth-order valence-corrected chi connectivity index (χ4v) is 2.38. The van der Waals surface area contributed by atoms with Crippen LogP contribution in [-0.2, 0) is 14.8 Å². The Bertz CT molecular complexity index is 597. The van der Waals surface area contributed by atoms with Crippen LogP contribution in [0.25, 0.3) is 0 Å². The van der Waals surface area contributed by atoms with Gasteiger partial charge in [0.25, 0.3) is 0 Å². The molecule has 7 heteroatoms. The Kier molecular flexibility index (Phi) is 6.17. The van der Waals surface area contributed by atoms with Crippen LogP contribution in [0, 0.1) is 0 Å². The molecule has 1 aromatic carbocycles. The Balaban J connectivity index is 3.14. The van der Waals surface area contributed by atoms with Gasteiger partial charge in [-0.05, 0) is 38.5 Å². The summed E-state index contributed by atoms with van der Waals surface area (Å²) in [5.41, 5.74) is 0.0614. The van der Waals surface area contributed by atoms with Gasteiger partial charge in [0.15, 0.2) is 0 Å². The molecule has 1 aromatic rings. The van der Waals surface area contributed by atoms with Gasteiger partial charge in [-0.2, -0.15) is 0 Å². The van der Waals surface area contributed by atoms with Crippen LogP contribution in [0.4, 0.5) is 0 Å². The maximum atomic E-state index is 12.2. The van der Waals surface area contributed by atoms with Gasteiger partial charge in [0.1, 0.15) is 11.3 Å². The molecule has 1 unspecified atom stereocenters. The number of carbonyl (C=O) groups excluding carboxylic acids is 1. The van der Waals surface area contributed by atoms with Crippen LogP contribution in [0.2, 0.25) is 0 Å². The molecule has 0 fully saturated rings. The van der Waals surface area contributed by atoms with E-state index in [4.69, 9.17) is 14.6 Å². The number of ether oxygens (including phenoxy) is 2. The Morgan fingerprint density at radius 3 is 2.52 bits per heavy atom. The van der Waals surface area contributed by atoms with Gasteiger partial charge in [0.05, 0.1) is 17.6 Å². The second-order valence-corrected chi connectivity index (χ2v) is 6.20. The number of sulfonamides is 1. The number of benzene rings is 1. The third kappa shape index (κ3) is 5.02. The normalized spacial score (nSPS) is 12.8. The molecule has 1 atom stereocenters. The second kappa shape index (κ2) is 7.42. The van der Waals surface area contributed by atoms with Crippen molar-refractivity contribution in [1.29, 1.82) is 0 Å². The SMILES string of the molecule is CCCC(C)OC(=O)c1cc(S(N)(=O)=O)ccc1OCC. The van der Waals surface area contributed by atoms with Crippen molar-refractivity contribution < 1.29 is 22.7 Å². The molecule has 2 N–H and O–H groups in total. The van der Waals surface area contributed by atoms with E-state index in [9.17, 15) is 13.2 Å². The molecule has 0 saturated heterocycles. The van der Waals surface area contributed by atoms with Crippen molar-refractivity contribution in [3.8, 4) is 5.75 Å². The molecule has 0 saturated carbocycles. The first-order valence-electron chi connectivity index (χ1n) is 6.80. The zero-order valence-corrected chi connectivity index (χ0v) is 13.3. The molecule has 0 aliphatic carbocycles. The smallest absolute Gasteiger partial charge is 0.342 e. The summed E-state index contributed by atoms with van der Waals surface area (Å²) in [5.74, 6) is -0.344. The average Bonchev–Trinajstić information content (AvgIpc) is 2.38. The summed E-state index contributed by atoms with van der Waals surface area (Å²) in [4.78, 5) is 12.0. The molecule has 0 amide bonds. The predicted molar refractivity (Wildman–Crippen MR) is 78.8 cm³/mol. The third-order valence-electron chi connectivity index (χ3n) is 2.80. The van der Waals surface area contributed by atoms with E-state index in [2.05, 4.69) is 0 Å². The van der Waals surface area contributed by atoms with Gasteiger partial charge >= 0.3 is 5.97 Å². The highest BCUT2D eigenvalue weighted by atomic mass is 32.2. The summed E-state index contributed by atoms with van der Waals surface area (Å²) >= 11 is 0. The van der Waals surface area contributed by atoms with Gasteiger partial charge in [-0.3, -0.25) is 0 Å². The highest BCUT2D eigenvalue weighted by molar-refractivity contribution is 7.89. The summed E-state index contributed by atoms with van der Waals surface area (Å²) in [6, 6.07) is 3.89. The van der Waals surface area contributed by atoms with Gasteiger partial charge in [-0.25, -0.2) is 18.4 Å². The number of hydrogen-bond acceptors (Lipinski definition) is 5. The van der Waals surface area contributed by atoms with Crippen LogP contribution in [0.3, 0.4) is 0 Å². The van der Waals surface area contributed by atoms with E-state index >= 15 is 0 Å². The first-order chi connectivity index (χ1) is 9.79. The van der Waals surface area contributed by atoms with Crippen LogP contribution in [-0.4, -0.2) is 27.1 Å². The standard InChI is InChI=1S/C14H21NO5S/c1-4-6-10(3)20-14(16)12-9-11(21(15,17)18)7-8-13(12)19-5-2/h7-10H,4-6H2,1-3H3,(H2,15,17,18). The quantitative estimate of drug-likeness (QED) is 0.777. The summed E-state index contributed by atoms with van der Waals surface area (Å²) in [6.45, 7) is 5.88. The molecule has 0 aliphatic rings. The molecule has 6 nitrogen and oxygen atoms in total. The Labute approximate surface area is 125 Å². The number of primary sulfonamides is 1. The van der Waals surface area contributed by atoms with Crippen molar-refractivity contribution in [2.75, 3.05) is 6.61 Å². The van der Waals surface area contributed by atoms with Gasteiger partial charge in [0, 0.05) is 0 Å². The first kappa shape index (κ1) is 17.5. The molecule has 0 radical (unpaired) electrons.